The number of amides is 2. The molecule has 1 fully saturated rings. The molecule has 0 radical (unpaired) electrons. The molecule has 4 aromatic rings. The van der Waals surface area contributed by atoms with Crippen molar-refractivity contribution < 1.29 is 18.7 Å². The molecule has 5 rings (SSSR count). The van der Waals surface area contributed by atoms with E-state index in [9.17, 15) is 23.6 Å². The van der Waals surface area contributed by atoms with Crippen LogP contribution in [0, 0.1) is 5.82 Å². The van der Waals surface area contributed by atoms with Crippen LogP contribution in [0.1, 0.15) is 43.0 Å². The standard InChI is InChI=1S/C30H34FN7O5/c1-3-12-37-27-25(29(41)38(30(37)42)16-17-43-2)33-26(34-27)21-10-11-23(32-19-21)36(15-6-14-35-13-5-9-24(35)39)28(40)20-7-4-8-22(31)18-20/h4,7-8,10-11,18-19H,3,5-6,9,12-17H2,1-2H3,(H,33,34). The van der Waals surface area contributed by atoms with Gasteiger partial charge >= 0.3 is 5.69 Å². The van der Waals surface area contributed by atoms with E-state index in [-0.39, 0.29) is 42.3 Å². The summed E-state index contributed by atoms with van der Waals surface area (Å²) in [5.41, 5.74) is 0.228. The maximum absolute atomic E-state index is 13.9. The van der Waals surface area contributed by atoms with Gasteiger partial charge in [0.05, 0.1) is 13.2 Å². The number of ether oxygens (including phenoxy) is 1. The molecular weight excluding hydrogens is 557 g/mol. The minimum Gasteiger partial charge on any atom is -0.383 e. The van der Waals surface area contributed by atoms with Gasteiger partial charge in [0.25, 0.3) is 11.5 Å². The van der Waals surface area contributed by atoms with Crippen LogP contribution in [0.25, 0.3) is 22.6 Å². The predicted molar refractivity (Wildman–Crippen MR) is 159 cm³/mol. The minimum atomic E-state index is -0.524. The van der Waals surface area contributed by atoms with E-state index in [0.29, 0.717) is 56.1 Å². The first-order valence-electron chi connectivity index (χ1n) is 14.4. The number of aryl methyl sites for hydroxylation is 1. The molecule has 1 aromatic carbocycles. The van der Waals surface area contributed by atoms with Crippen LogP contribution in [0.3, 0.4) is 0 Å². The molecule has 1 saturated heterocycles. The molecule has 4 heterocycles. The number of carbonyl (C=O) groups is 2. The summed E-state index contributed by atoms with van der Waals surface area (Å²) in [6, 6.07) is 8.83. The lowest BCUT2D eigenvalue weighted by molar-refractivity contribution is -0.127. The Morgan fingerprint density at radius 1 is 1.12 bits per heavy atom. The number of nitrogens with one attached hydrogen (secondary N) is 1. The van der Waals surface area contributed by atoms with Crippen molar-refractivity contribution in [2.75, 3.05) is 38.3 Å². The zero-order chi connectivity index (χ0) is 30.5. The molecule has 0 atom stereocenters. The van der Waals surface area contributed by atoms with Crippen molar-refractivity contribution in [3.63, 3.8) is 0 Å². The molecule has 3 aromatic heterocycles. The fourth-order valence-electron chi connectivity index (χ4n) is 5.25. The molecule has 43 heavy (non-hydrogen) atoms. The van der Waals surface area contributed by atoms with Crippen molar-refractivity contribution in [1.29, 1.82) is 0 Å². The molecule has 0 aliphatic carbocycles. The Morgan fingerprint density at radius 3 is 2.63 bits per heavy atom. The van der Waals surface area contributed by atoms with E-state index >= 15 is 0 Å². The van der Waals surface area contributed by atoms with Crippen LogP contribution in [-0.2, 0) is 22.6 Å². The van der Waals surface area contributed by atoms with Crippen molar-refractivity contribution in [2.24, 2.45) is 0 Å². The van der Waals surface area contributed by atoms with Crippen LogP contribution in [0.5, 0.6) is 0 Å². The molecule has 0 spiro atoms. The van der Waals surface area contributed by atoms with E-state index in [1.165, 1.54) is 41.0 Å². The number of methoxy groups -OCH3 is 1. The smallest absolute Gasteiger partial charge is 0.332 e. The number of benzene rings is 1. The highest BCUT2D eigenvalue weighted by Crippen LogP contribution is 2.22. The molecule has 1 aliphatic rings. The predicted octanol–water partition coefficient (Wildman–Crippen LogP) is 2.80. The lowest BCUT2D eigenvalue weighted by atomic mass is 10.1. The summed E-state index contributed by atoms with van der Waals surface area (Å²) in [5, 5.41) is 0. The summed E-state index contributed by atoms with van der Waals surface area (Å²) >= 11 is 0. The van der Waals surface area contributed by atoms with Gasteiger partial charge in [0.1, 0.15) is 23.0 Å². The van der Waals surface area contributed by atoms with Gasteiger partial charge in [-0.1, -0.05) is 13.0 Å². The molecule has 2 amide bonds. The fraction of sp³-hybridized carbons (Fsp3) is 0.400. The number of hydrogen-bond donors (Lipinski definition) is 1. The van der Waals surface area contributed by atoms with E-state index < -0.39 is 23.0 Å². The molecule has 1 N–H and O–H groups in total. The average molecular weight is 592 g/mol. The molecular formula is C30H34FN7O5. The third-order valence-electron chi connectivity index (χ3n) is 7.42. The van der Waals surface area contributed by atoms with Crippen molar-refractivity contribution in [3.05, 3.63) is 74.8 Å². The SMILES string of the molecule is CCCn1c(=O)n(CCOC)c(=O)c2[nH]c(-c3ccc(N(CCCN4CCCC4=O)C(=O)c4cccc(F)c4)nc3)nc21. The van der Waals surface area contributed by atoms with Crippen LogP contribution in [0.15, 0.2) is 52.2 Å². The van der Waals surface area contributed by atoms with E-state index in [4.69, 9.17) is 4.74 Å². The average Bonchev–Trinajstić information content (AvgIpc) is 3.64. The van der Waals surface area contributed by atoms with E-state index in [1.807, 2.05) is 6.92 Å². The van der Waals surface area contributed by atoms with Crippen LogP contribution in [0.4, 0.5) is 10.2 Å². The number of carbonyl (C=O) groups excluding carboxylic acids is 2. The van der Waals surface area contributed by atoms with E-state index in [2.05, 4.69) is 15.0 Å². The lowest BCUT2D eigenvalue weighted by Crippen LogP contribution is -2.41. The molecule has 0 bridgehead atoms. The van der Waals surface area contributed by atoms with Gasteiger partial charge in [0.2, 0.25) is 5.91 Å². The number of imidazole rings is 1. The summed E-state index contributed by atoms with van der Waals surface area (Å²) in [5.74, 6) is -0.158. The zero-order valence-corrected chi connectivity index (χ0v) is 24.2. The summed E-state index contributed by atoms with van der Waals surface area (Å²) in [7, 11) is 1.50. The molecule has 226 valence electrons. The normalized spacial score (nSPS) is 13.3. The van der Waals surface area contributed by atoms with Gasteiger partial charge < -0.3 is 14.6 Å². The van der Waals surface area contributed by atoms with Gasteiger partial charge in [0, 0.05) is 57.0 Å². The lowest BCUT2D eigenvalue weighted by Gasteiger charge is -2.24. The number of H-pyrrole nitrogens is 1. The van der Waals surface area contributed by atoms with Crippen molar-refractivity contribution in [3.8, 4) is 11.4 Å². The van der Waals surface area contributed by atoms with E-state index in [0.717, 1.165) is 11.0 Å². The summed E-state index contributed by atoms with van der Waals surface area (Å²) < 4.78 is 21.6. The van der Waals surface area contributed by atoms with Crippen LogP contribution >= 0.6 is 0 Å². The van der Waals surface area contributed by atoms with Crippen molar-refractivity contribution >= 4 is 28.8 Å². The number of halogens is 1. The number of pyridine rings is 1. The minimum absolute atomic E-state index is 0.103. The largest absolute Gasteiger partial charge is 0.383 e. The van der Waals surface area contributed by atoms with E-state index in [1.54, 1.807) is 23.1 Å². The molecule has 0 unspecified atom stereocenters. The molecule has 0 saturated carbocycles. The van der Waals surface area contributed by atoms with Crippen molar-refractivity contribution in [1.82, 2.24) is 29.0 Å². The second-order valence-corrected chi connectivity index (χ2v) is 10.4. The third kappa shape index (κ3) is 6.26. The van der Waals surface area contributed by atoms with Gasteiger partial charge in [-0.3, -0.25) is 28.4 Å². The fourth-order valence-corrected chi connectivity index (χ4v) is 5.25. The third-order valence-corrected chi connectivity index (χ3v) is 7.42. The van der Waals surface area contributed by atoms with Gasteiger partial charge in [-0.05, 0) is 49.6 Å². The van der Waals surface area contributed by atoms with Crippen molar-refractivity contribution in [2.45, 2.75) is 45.7 Å². The zero-order valence-electron chi connectivity index (χ0n) is 24.2. The Bertz CT molecular complexity index is 1740. The monoisotopic (exact) mass is 591 g/mol. The highest BCUT2D eigenvalue weighted by molar-refractivity contribution is 6.05. The Kier molecular flexibility index (Phi) is 9.10. The Morgan fingerprint density at radius 2 is 1.95 bits per heavy atom. The van der Waals surface area contributed by atoms with Crippen LogP contribution in [-0.4, -0.2) is 74.2 Å². The number of anilines is 1. The van der Waals surface area contributed by atoms with Gasteiger partial charge in [-0.2, -0.15) is 0 Å². The second-order valence-electron chi connectivity index (χ2n) is 10.4. The summed E-state index contributed by atoms with van der Waals surface area (Å²) in [6.45, 7) is 4.09. The van der Waals surface area contributed by atoms with Crippen LogP contribution in [0.2, 0.25) is 0 Å². The number of aromatic nitrogens is 5. The number of hydrogen-bond acceptors (Lipinski definition) is 7. The Labute approximate surface area is 246 Å². The maximum atomic E-state index is 13.9. The van der Waals surface area contributed by atoms with Gasteiger partial charge in [-0.15, -0.1) is 0 Å². The first-order valence-corrected chi connectivity index (χ1v) is 14.4. The topological polar surface area (TPSA) is 135 Å². The highest BCUT2D eigenvalue weighted by atomic mass is 19.1. The number of fused-ring (bicyclic) bond motifs is 1. The Hall–Kier alpha value is -4.65. The number of rotatable bonds is 12. The number of likely N-dealkylation sites (tertiary alicyclic amines) is 1. The highest BCUT2D eigenvalue weighted by Gasteiger charge is 2.23. The maximum Gasteiger partial charge on any atom is 0.332 e. The number of nitrogens with zero attached hydrogens (tertiary/aromatic N) is 6. The number of aromatic amines is 1. The summed E-state index contributed by atoms with van der Waals surface area (Å²) in [6.07, 6.45) is 4.06. The molecule has 12 nitrogen and oxygen atoms in total. The first kappa shape index (κ1) is 29.8. The Balaban J connectivity index is 1.46. The van der Waals surface area contributed by atoms with Gasteiger partial charge in [-0.25, -0.2) is 19.2 Å². The first-order chi connectivity index (χ1) is 20.8. The van der Waals surface area contributed by atoms with Gasteiger partial charge in [0.15, 0.2) is 5.65 Å². The van der Waals surface area contributed by atoms with Crippen LogP contribution < -0.4 is 16.1 Å². The molecule has 1 aliphatic heterocycles. The second kappa shape index (κ2) is 13.1. The summed E-state index contributed by atoms with van der Waals surface area (Å²) in [4.78, 5) is 67.2. The quantitative estimate of drug-likeness (QED) is 0.268. The molecule has 13 heteroatoms.